The second-order valence-electron chi connectivity index (χ2n) is 7.32. The molecule has 0 aromatic heterocycles. The van der Waals surface area contributed by atoms with Crippen LogP contribution in [0.5, 0.6) is 0 Å². The summed E-state index contributed by atoms with van der Waals surface area (Å²) in [6, 6.07) is 0. The fourth-order valence-corrected chi connectivity index (χ4v) is 4.18. The van der Waals surface area contributed by atoms with Crippen molar-refractivity contribution in [2.24, 2.45) is 16.7 Å². The molecule has 5 nitrogen and oxygen atoms in total. The van der Waals surface area contributed by atoms with Crippen molar-refractivity contribution in [2.75, 3.05) is 45.9 Å². The van der Waals surface area contributed by atoms with E-state index in [2.05, 4.69) is 10.6 Å². The molecule has 0 bridgehead atoms. The van der Waals surface area contributed by atoms with Gasteiger partial charge in [-0.1, -0.05) is 0 Å². The van der Waals surface area contributed by atoms with E-state index in [0.717, 1.165) is 25.9 Å². The van der Waals surface area contributed by atoms with Gasteiger partial charge in [-0.05, 0) is 38.3 Å². The lowest BCUT2D eigenvalue weighted by molar-refractivity contribution is -0.190. The van der Waals surface area contributed by atoms with Crippen molar-refractivity contribution in [3.05, 3.63) is 0 Å². The zero-order valence-electron chi connectivity index (χ0n) is 13.1. The lowest BCUT2D eigenvalue weighted by atomic mass is 9.95. The van der Waals surface area contributed by atoms with Gasteiger partial charge in [-0.15, -0.1) is 0 Å². The van der Waals surface area contributed by atoms with Crippen LogP contribution in [0.15, 0.2) is 0 Å². The van der Waals surface area contributed by atoms with Gasteiger partial charge in [-0.3, -0.25) is 9.69 Å². The quantitative estimate of drug-likeness (QED) is 0.678. The highest BCUT2D eigenvalue weighted by atomic mass is 19.4. The molecule has 0 radical (unpaired) electrons. The maximum absolute atomic E-state index is 13.2. The minimum absolute atomic E-state index is 0.0406. The Hall–Kier alpha value is -0.860. The minimum atomic E-state index is -4.21. The number of halogens is 3. The number of nitrogens with zero attached hydrogens (tertiary/aromatic N) is 1. The SMILES string of the molecule is O=C(CN1CCC(CO)CC1)NC[C@@]12CNC[C@]1(C(F)(F)F)C2. The van der Waals surface area contributed by atoms with Gasteiger partial charge in [0, 0.05) is 31.7 Å². The average Bonchev–Trinajstić information content (AvgIpc) is 3.03. The molecular weight excluding hydrogens is 311 g/mol. The molecular formula is C15H24F3N3O2. The van der Waals surface area contributed by atoms with Gasteiger partial charge in [0.1, 0.15) is 0 Å². The molecule has 2 aliphatic heterocycles. The van der Waals surface area contributed by atoms with Crippen molar-refractivity contribution >= 4 is 5.91 Å². The summed E-state index contributed by atoms with van der Waals surface area (Å²) in [5.74, 6) is 0.0910. The molecule has 2 atom stereocenters. The van der Waals surface area contributed by atoms with E-state index in [1.54, 1.807) is 0 Å². The van der Waals surface area contributed by atoms with Gasteiger partial charge in [0.15, 0.2) is 0 Å². The molecule has 1 amide bonds. The Labute approximate surface area is 133 Å². The third-order valence-corrected chi connectivity index (χ3v) is 5.92. The van der Waals surface area contributed by atoms with Gasteiger partial charge in [0.05, 0.1) is 12.0 Å². The van der Waals surface area contributed by atoms with Gasteiger partial charge in [-0.2, -0.15) is 13.2 Å². The number of likely N-dealkylation sites (tertiary alicyclic amines) is 1. The van der Waals surface area contributed by atoms with Crippen molar-refractivity contribution in [1.29, 1.82) is 0 Å². The van der Waals surface area contributed by atoms with Crippen molar-refractivity contribution in [3.63, 3.8) is 0 Å². The van der Waals surface area contributed by atoms with Gasteiger partial charge >= 0.3 is 6.18 Å². The van der Waals surface area contributed by atoms with Crippen LogP contribution in [0.1, 0.15) is 19.3 Å². The first kappa shape index (κ1) is 17.0. The molecule has 0 aromatic rings. The second-order valence-corrected chi connectivity index (χ2v) is 7.32. The average molecular weight is 335 g/mol. The molecule has 3 rings (SSSR count). The normalized spacial score (nSPS) is 35.1. The van der Waals surface area contributed by atoms with E-state index >= 15 is 0 Å². The number of aliphatic hydroxyl groups excluding tert-OH is 1. The third kappa shape index (κ3) is 2.96. The van der Waals surface area contributed by atoms with E-state index in [4.69, 9.17) is 5.11 Å². The van der Waals surface area contributed by atoms with E-state index in [1.807, 2.05) is 4.90 Å². The number of rotatable bonds is 5. The first-order valence-corrected chi connectivity index (χ1v) is 8.19. The Balaban J connectivity index is 1.45. The van der Waals surface area contributed by atoms with Crippen LogP contribution in [-0.4, -0.2) is 68.0 Å². The summed E-state index contributed by atoms with van der Waals surface area (Å²) >= 11 is 0. The van der Waals surface area contributed by atoms with Crippen LogP contribution in [0.4, 0.5) is 13.2 Å². The molecule has 2 heterocycles. The van der Waals surface area contributed by atoms with Crippen molar-refractivity contribution < 1.29 is 23.1 Å². The summed E-state index contributed by atoms with van der Waals surface area (Å²) in [4.78, 5) is 14.0. The van der Waals surface area contributed by atoms with E-state index in [0.29, 0.717) is 12.5 Å². The van der Waals surface area contributed by atoms with Crippen LogP contribution < -0.4 is 10.6 Å². The number of aliphatic hydroxyl groups is 1. The van der Waals surface area contributed by atoms with E-state index in [-0.39, 0.29) is 38.6 Å². The van der Waals surface area contributed by atoms with Crippen molar-refractivity contribution in [3.8, 4) is 0 Å². The number of carbonyl (C=O) groups excluding carboxylic acids is 1. The highest BCUT2D eigenvalue weighted by Crippen LogP contribution is 2.72. The highest BCUT2D eigenvalue weighted by Gasteiger charge is 2.81. The molecule has 23 heavy (non-hydrogen) atoms. The number of amides is 1. The van der Waals surface area contributed by atoms with Crippen LogP contribution >= 0.6 is 0 Å². The number of alkyl halides is 3. The molecule has 132 valence electrons. The summed E-state index contributed by atoms with van der Waals surface area (Å²) in [6.45, 7) is 2.26. The Morgan fingerprint density at radius 1 is 1.30 bits per heavy atom. The van der Waals surface area contributed by atoms with Gasteiger partial charge in [-0.25, -0.2) is 0 Å². The number of hydrogen-bond acceptors (Lipinski definition) is 4. The number of fused-ring (bicyclic) bond motifs is 1. The Kier molecular flexibility index (Phi) is 4.35. The van der Waals surface area contributed by atoms with E-state index in [9.17, 15) is 18.0 Å². The lowest BCUT2D eigenvalue weighted by Crippen LogP contribution is -2.44. The summed E-state index contributed by atoms with van der Waals surface area (Å²) in [5, 5.41) is 14.6. The predicted molar refractivity (Wildman–Crippen MR) is 77.7 cm³/mol. The van der Waals surface area contributed by atoms with E-state index < -0.39 is 17.0 Å². The fourth-order valence-electron chi connectivity index (χ4n) is 4.18. The standard InChI is InChI=1S/C15H24F3N3O2/c16-15(17,18)14-7-13(14,8-19-10-14)9-20-12(23)5-21-3-1-11(6-22)2-4-21/h11,19,22H,1-10H2,(H,20,23)/t13-,14-/m1/s1. The first-order valence-electron chi connectivity index (χ1n) is 8.19. The zero-order valence-corrected chi connectivity index (χ0v) is 13.1. The second kappa shape index (κ2) is 5.89. The highest BCUT2D eigenvalue weighted by molar-refractivity contribution is 5.78. The van der Waals surface area contributed by atoms with Crippen LogP contribution in [0.2, 0.25) is 0 Å². The molecule has 0 spiro atoms. The van der Waals surface area contributed by atoms with Crippen molar-refractivity contribution in [1.82, 2.24) is 15.5 Å². The van der Waals surface area contributed by atoms with Gasteiger partial charge < -0.3 is 15.7 Å². The number of hydrogen-bond donors (Lipinski definition) is 3. The van der Waals surface area contributed by atoms with Crippen LogP contribution in [0, 0.1) is 16.7 Å². The predicted octanol–water partition coefficient (Wildman–Crippen LogP) is 0.349. The molecule has 1 aliphatic carbocycles. The summed E-state index contributed by atoms with van der Waals surface area (Å²) in [7, 11) is 0. The Morgan fingerprint density at radius 2 is 2.00 bits per heavy atom. The largest absolute Gasteiger partial charge is 0.396 e. The van der Waals surface area contributed by atoms with Crippen LogP contribution in [0.25, 0.3) is 0 Å². The van der Waals surface area contributed by atoms with Gasteiger partial charge in [0.2, 0.25) is 5.91 Å². The summed E-state index contributed by atoms with van der Waals surface area (Å²) < 4.78 is 39.7. The molecule has 2 saturated heterocycles. The first-order chi connectivity index (χ1) is 10.8. The van der Waals surface area contributed by atoms with Crippen molar-refractivity contribution in [2.45, 2.75) is 25.4 Å². The monoisotopic (exact) mass is 335 g/mol. The Bertz CT molecular complexity index is 465. The maximum Gasteiger partial charge on any atom is 0.396 e. The molecule has 3 fully saturated rings. The van der Waals surface area contributed by atoms with Crippen LogP contribution in [-0.2, 0) is 4.79 Å². The molecule has 0 unspecified atom stereocenters. The minimum Gasteiger partial charge on any atom is -0.396 e. The molecule has 0 aromatic carbocycles. The molecule has 3 N–H and O–H groups in total. The lowest BCUT2D eigenvalue weighted by Gasteiger charge is -2.30. The molecule has 3 aliphatic rings. The fraction of sp³-hybridized carbons (Fsp3) is 0.933. The molecule has 1 saturated carbocycles. The van der Waals surface area contributed by atoms with Crippen LogP contribution in [0.3, 0.4) is 0 Å². The van der Waals surface area contributed by atoms with Gasteiger partial charge in [0.25, 0.3) is 0 Å². The topological polar surface area (TPSA) is 64.6 Å². The summed E-state index contributed by atoms with van der Waals surface area (Å²) in [5.41, 5.74) is -2.50. The third-order valence-electron chi connectivity index (χ3n) is 5.92. The Morgan fingerprint density at radius 3 is 2.57 bits per heavy atom. The molecule has 8 heteroatoms. The smallest absolute Gasteiger partial charge is 0.396 e. The number of piperidine rings is 2. The van der Waals surface area contributed by atoms with E-state index in [1.165, 1.54) is 0 Å². The number of nitrogens with one attached hydrogen (secondary N) is 2. The zero-order chi connectivity index (χ0) is 16.7. The summed E-state index contributed by atoms with van der Waals surface area (Å²) in [6.07, 6.45) is -2.39. The maximum atomic E-state index is 13.2. The number of carbonyl (C=O) groups is 1.